The van der Waals surface area contributed by atoms with Crippen molar-refractivity contribution in [2.75, 3.05) is 0 Å². The van der Waals surface area contributed by atoms with Gasteiger partial charge in [-0.1, -0.05) is 51.1 Å². The maximum Gasteiger partial charge on any atom is 1.00 e. The maximum absolute atomic E-state index is 12.7. The van der Waals surface area contributed by atoms with Crippen molar-refractivity contribution in [2.24, 2.45) is 16.7 Å². The average Bonchev–Trinajstić information content (AvgIpc) is 3.04. The Morgan fingerprint density at radius 1 is 1.11 bits per heavy atom. The van der Waals surface area contributed by atoms with Crippen molar-refractivity contribution in [3.63, 3.8) is 0 Å². The Balaban J connectivity index is 0.00000210. The molecule has 0 aromatic heterocycles. The molecule has 142 valence electrons. The summed E-state index contributed by atoms with van der Waals surface area (Å²) in [5.41, 5.74) is 0.657. The first-order chi connectivity index (χ1) is 12.2. The van der Waals surface area contributed by atoms with E-state index in [1.807, 2.05) is 44.2 Å². The largest absolute Gasteiger partial charge is 1.00 e. The molecular formula is C22H29LiO4. The summed E-state index contributed by atoms with van der Waals surface area (Å²) in [5, 5.41) is 12.7. The minimum absolute atomic E-state index is 0. The molecule has 0 amide bonds. The maximum atomic E-state index is 12.7. The fourth-order valence-electron chi connectivity index (χ4n) is 5.46. The van der Waals surface area contributed by atoms with E-state index in [-0.39, 0.29) is 53.8 Å². The Bertz CT molecular complexity index is 706. The van der Waals surface area contributed by atoms with Crippen molar-refractivity contribution in [3.8, 4) is 0 Å². The van der Waals surface area contributed by atoms with E-state index in [0.29, 0.717) is 0 Å². The van der Waals surface area contributed by atoms with E-state index >= 15 is 0 Å². The predicted octanol–water partition coefficient (Wildman–Crippen LogP) is 0.711. The number of hydrogen-bond acceptors (Lipinski definition) is 4. The Morgan fingerprint density at radius 3 is 2.30 bits per heavy atom. The molecule has 1 spiro atoms. The van der Waals surface area contributed by atoms with E-state index in [0.717, 1.165) is 18.4 Å². The van der Waals surface area contributed by atoms with Crippen LogP contribution in [0.5, 0.6) is 0 Å². The number of fused-ring (bicyclic) bond motifs is 3. The molecule has 0 radical (unpaired) electrons. The van der Waals surface area contributed by atoms with Crippen LogP contribution in [0.15, 0.2) is 36.3 Å². The van der Waals surface area contributed by atoms with Crippen molar-refractivity contribution < 1.29 is 38.2 Å². The molecule has 3 fully saturated rings. The minimum Gasteiger partial charge on any atom is -0.604 e. The van der Waals surface area contributed by atoms with Crippen LogP contribution in [0.1, 0.15) is 53.0 Å². The molecule has 2 saturated carbocycles. The Kier molecular flexibility index (Phi) is 5.28. The molecule has 1 aliphatic heterocycles. The summed E-state index contributed by atoms with van der Waals surface area (Å²) in [6.45, 7) is 10.8. The smallest absolute Gasteiger partial charge is 0.604 e. The van der Waals surface area contributed by atoms with Crippen LogP contribution in [-0.2, 0) is 14.2 Å². The second-order valence-electron chi connectivity index (χ2n) is 8.97. The molecular weight excluding hydrogens is 335 g/mol. The Hall–Kier alpha value is -0.923. The van der Waals surface area contributed by atoms with Gasteiger partial charge in [0.2, 0.25) is 0 Å². The Morgan fingerprint density at radius 2 is 1.70 bits per heavy atom. The number of rotatable bonds is 3. The molecule has 2 aliphatic carbocycles. The van der Waals surface area contributed by atoms with E-state index < -0.39 is 11.9 Å². The third kappa shape index (κ3) is 2.88. The van der Waals surface area contributed by atoms with Crippen LogP contribution in [0.4, 0.5) is 0 Å². The van der Waals surface area contributed by atoms with Crippen LogP contribution < -0.4 is 24.0 Å². The first kappa shape index (κ1) is 20.8. The topological polar surface area (TPSA) is 50.8 Å². The third-order valence-electron chi connectivity index (χ3n) is 7.44. The summed E-state index contributed by atoms with van der Waals surface area (Å²) in [6.07, 6.45) is 3.20. The van der Waals surface area contributed by atoms with Gasteiger partial charge in [0.05, 0.1) is 24.3 Å². The van der Waals surface area contributed by atoms with Crippen molar-refractivity contribution in [3.05, 3.63) is 41.8 Å². The molecule has 4 nitrogen and oxygen atoms in total. The second-order valence-corrected chi connectivity index (χ2v) is 8.97. The average molecular weight is 364 g/mol. The Labute approximate surface area is 174 Å². The van der Waals surface area contributed by atoms with Crippen LogP contribution in [-0.4, -0.2) is 24.1 Å². The first-order valence-electron chi connectivity index (χ1n) is 9.67. The molecule has 27 heavy (non-hydrogen) atoms. The molecule has 3 aliphatic rings. The number of hydrogen-bond donors (Lipinski definition) is 0. The van der Waals surface area contributed by atoms with E-state index in [2.05, 4.69) is 20.8 Å². The van der Waals surface area contributed by atoms with Gasteiger partial charge in [-0.2, -0.15) is 0 Å². The first-order valence-corrected chi connectivity index (χ1v) is 9.67. The molecule has 1 unspecified atom stereocenters. The summed E-state index contributed by atoms with van der Waals surface area (Å²) in [7, 11) is 0. The van der Waals surface area contributed by atoms with Crippen LogP contribution >= 0.6 is 0 Å². The number of benzene rings is 1. The van der Waals surface area contributed by atoms with E-state index in [1.165, 1.54) is 0 Å². The van der Waals surface area contributed by atoms with Crippen molar-refractivity contribution in [1.82, 2.24) is 0 Å². The summed E-state index contributed by atoms with van der Waals surface area (Å²) >= 11 is 0. The summed E-state index contributed by atoms with van der Waals surface area (Å²) < 4.78 is 18.9. The molecule has 2 bridgehead atoms. The van der Waals surface area contributed by atoms with Gasteiger partial charge in [-0.15, -0.1) is 0 Å². The van der Waals surface area contributed by atoms with Crippen LogP contribution in [0.2, 0.25) is 0 Å². The van der Waals surface area contributed by atoms with E-state index in [9.17, 15) is 5.11 Å². The molecule has 0 N–H and O–H groups in total. The summed E-state index contributed by atoms with van der Waals surface area (Å²) in [6, 6.07) is 9.55. The summed E-state index contributed by atoms with van der Waals surface area (Å²) in [4.78, 5) is 0. The molecule has 5 heteroatoms. The fraction of sp³-hybridized carbons (Fsp3) is 0.636. The quantitative estimate of drug-likeness (QED) is 0.586. The zero-order valence-corrected chi connectivity index (χ0v) is 17.3. The van der Waals surface area contributed by atoms with Gasteiger partial charge in [-0.05, 0) is 49.2 Å². The SMILES string of the molecule is C[C@@H]1OC2(O[C@@H]1C)[C@H]1CC[C@@](C)([C@@H]2O/C([O-])=C/c2ccccc2)C1(C)C.[Li+]. The van der Waals surface area contributed by atoms with Gasteiger partial charge < -0.3 is 19.3 Å². The second kappa shape index (κ2) is 6.85. The molecule has 1 aromatic carbocycles. The van der Waals surface area contributed by atoms with Gasteiger partial charge in [0, 0.05) is 5.92 Å². The molecule has 1 saturated heterocycles. The van der Waals surface area contributed by atoms with Crippen molar-refractivity contribution in [2.45, 2.75) is 71.6 Å². The van der Waals surface area contributed by atoms with Gasteiger partial charge in [-0.3, -0.25) is 0 Å². The standard InChI is InChI=1S/C22H30O4.Li/c1-14-15(2)26-22(25-14)17-11-12-21(5,20(17,3)4)19(22)24-18(23)13-16-9-7-6-8-10-16;/h6-10,13-15,17,19,23H,11-12H2,1-5H3;/q;+1/p-1/b18-13+;/t14-,15+,17-,19-,21-,22?;/m0./s1. The zero-order valence-electron chi connectivity index (χ0n) is 17.3. The molecule has 6 atom stereocenters. The van der Waals surface area contributed by atoms with Gasteiger partial charge in [0.25, 0.3) is 0 Å². The predicted molar refractivity (Wildman–Crippen MR) is 97.7 cm³/mol. The van der Waals surface area contributed by atoms with Crippen LogP contribution in [0, 0.1) is 16.7 Å². The van der Waals surface area contributed by atoms with Crippen molar-refractivity contribution >= 4 is 6.08 Å². The minimum atomic E-state index is -0.824. The fourth-order valence-corrected chi connectivity index (χ4v) is 5.46. The number of ether oxygens (including phenoxy) is 3. The summed E-state index contributed by atoms with van der Waals surface area (Å²) in [5.74, 6) is -0.929. The zero-order chi connectivity index (χ0) is 18.7. The van der Waals surface area contributed by atoms with Crippen LogP contribution in [0.3, 0.4) is 0 Å². The van der Waals surface area contributed by atoms with E-state index in [4.69, 9.17) is 14.2 Å². The van der Waals surface area contributed by atoms with Gasteiger partial charge in [0.15, 0.2) is 5.79 Å². The van der Waals surface area contributed by atoms with Gasteiger partial charge >= 0.3 is 18.9 Å². The van der Waals surface area contributed by atoms with E-state index in [1.54, 1.807) is 6.08 Å². The molecule has 4 rings (SSSR count). The normalized spacial score (nSPS) is 42.3. The monoisotopic (exact) mass is 364 g/mol. The van der Waals surface area contributed by atoms with Crippen molar-refractivity contribution in [1.29, 1.82) is 0 Å². The van der Waals surface area contributed by atoms with Gasteiger partial charge in [0.1, 0.15) is 0 Å². The van der Waals surface area contributed by atoms with Gasteiger partial charge in [-0.25, -0.2) is 0 Å². The third-order valence-corrected chi connectivity index (χ3v) is 7.44. The molecule has 1 aromatic rings. The molecule has 1 heterocycles. The van der Waals surface area contributed by atoms with Crippen LogP contribution in [0.25, 0.3) is 6.08 Å².